The van der Waals surface area contributed by atoms with Crippen LogP contribution in [0.5, 0.6) is 0 Å². The van der Waals surface area contributed by atoms with Crippen molar-refractivity contribution >= 4 is 17.5 Å². The van der Waals surface area contributed by atoms with E-state index in [0.717, 1.165) is 5.76 Å². The Bertz CT molecular complexity index is 481. The van der Waals surface area contributed by atoms with Gasteiger partial charge in [-0.15, -0.1) is 11.6 Å². The van der Waals surface area contributed by atoms with E-state index in [9.17, 15) is 4.79 Å². The molecule has 1 amide bonds. The molecule has 0 spiro atoms. The van der Waals surface area contributed by atoms with Crippen molar-refractivity contribution in [3.63, 3.8) is 0 Å². The van der Waals surface area contributed by atoms with Crippen LogP contribution in [0.15, 0.2) is 10.5 Å². The number of rotatable bonds is 2. The molecular weight excluding hydrogens is 266 g/mol. The number of furan rings is 1. The van der Waals surface area contributed by atoms with E-state index in [0.29, 0.717) is 30.3 Å². The summed E-state index contributed by atoms with van der Waals surface area (Å²) in [7, 11) is 0. The Kier molecular flexibility index (Phi) is 3.92. The van der Waals surface area contributed by atoms with E-state index in [1.807, 2.05) is 27.7 Å². The number of aryl methyl sites for hydroxylation is 2. The van der Waals surface area contributed by atoms with E-state index in [4.69, 9.17) is 20.8 Å². The van der Waals surface area contributed by atoms with E-state index in [-0.39, 0.29) is 17.6 Å². The Morgan fingerprint density at radius 2 is 2.21 bits per heavy atom. The first kappa shape index (κ1) is 14.4. The Morgan fingerprint density at radius 3 is 2.74 bits per heavy atom. The van der Waals surface area contributed by atoms with E-state index < -0.39 is 0 Å². The van der Waals surface area contributed by atoms with Crippen LogP contribution in [0.25, 0.3) is 0 Å². The van der Waals surface area contributed by atoms with Crippen LogP contribution in [0.1, 0.15) is 35.7 Å². The topological polar surface area (TPSA) is 42.7 Å². The van der Waals surface area contributed by atoms with E-state index >= 15 is 0 Å². The number of hydrogen-bond acceptors (Lipinski definition) is 3. The SMILES string of the molecule is Cc1cc(C(=O)N2CC(CCl)OC(C)(C)C2)c(C)o1. The highest BCUT2D eigenvalue weighted by atomic mass is 35.5. The van der Waals surface area contributed by atoms with Crippen molar-refractivity contribution in [2.75, 3.05) is 19.0 Å². The minimum absolute atomic E-state index is 0.0131. The number of nitrogens with zero attached hydrogens (tertiary/aromatic N) is 1. The molecule has 0 bridgehead atoms. The number of alkyl halides is 1. The molecule has 0 aliphatic carbocycles. The lowest BCUT2D eigenvalue weighted by atomic mass is 10.0. The number of halogens is 1. The van der Waals surface area contributed by atoms with Crippen molar-refractivity contribution in [2.45, 2.75) is 39.4 Å². The van der Waals surface area contributed by atoms with Gasteiger partial charge in [0.15, 0.2) is 0 Å². The van der Waals surface area contributed by atoms with Gasteiger partial charge >= 0.3 is 0 Å². The molecule has 2 rings (SSSR count). The van der Waals surface area contributed by atoms with Gasteiger partial charge < -0.3 is 14.1 Å². The molecule has 19 heavy (non-hydrogen) atoms. The number of carbonyl (C=O) groups is 1. The van der Waals surface area contributed by atoms with Crippen molar-refractivity contribution in [3.8, 4) is 0 Å². The van der Waals surface area contributed by atoms with Crippen LogP contribution in [-0.2, 0) is 4.74 Å². The number of ether oxygens (including phenoxy) is 1. The van der Waals surface area contributed by atoms with Gasteiger partial charge in [0.2, 0.25) is 0 Å². The number of carbonyl (C=O) groups excluding carboxylic acids is 1. The standard InChI is InChI=1S/C14H20ClNO3/c1-9-5-12(10(2)18-9)13(17)16-7-11(6-15)19-14(3,4)8-16/h5,11H,6-8H2,1-4H3. The molecule has 0 aromatic carbocycles. The molecule has 1 aliphatic rings. The third kappa shape index (κ3) is 3.12. The van der Waals surface area contributed by atoms with Gasteiger partial charge in [0.25, 0.3) is 5.91 Å². The third-order valence-corrected chi connectivity index (χ3v) is 3.56. The summed E-state index contributed by atoms with van der Waals surface area (Å²) < 4.78 is 11.3. The lowest BCUT2D eigenvalue weighted by Gasteiger charge is -2.42. The first-order valence-electron chi connectivity index (χ1n) is 6.42. The molecule has 106 valence electrons. The minimum Gasteiger partial charge on any atom is -0.466 e. The summed E-state index contributed by atoms with van der Waals surface area (Å²) in [6.07, 6.45) is -0.123. The molecule has 0 N–H and O–H groups in total. The average molecular weight is 286 g/mol. The molecule has 0 radical (unpaired) electrons. The second-order valence-electron chi connectivity index (χ2n) is 5.67. The second kappa shape index (κ2) is 5.17. The maximum absolute atomic E-state index is 12.6. The van der Waals surface area contributed by atoms with Crippen LogP contribution in [0.4, 0.5) is 0 Å². The predicted octanol–water partition coefficient (Wildman–Crippen LogP) is 2.75. The fourth-order valence-electron chi connectivity index (χ4n) is 2.54. The maximum atomic E-state index is 12.6. The number of hydrogen-bond donors (Lipinski definition) is 0. The number of morpholine rings is 1. The normalized spacial score (nSPS) is 22.6. The van der Waals surface area contributed by atoms with Crippen molar-refractivity contribution in [2.24, 2.45) is 0 Å². The third-order valence-electron chi connectivity index (χ3n) is 3.21. The second-order valence-corrected chi connectivity index (χ2v) is 5.98. The highest BCUT2D eigenvalue weighted by Crippen LogP contribution is 2.24. The number of amides is 1. The van der Waals surface area contributed by atoms with Gasteiger partial charge in [0, 0.05) is 13.1 Å². The largest absolute Gasteiger partial charge is 0.466 e. The zero-order valence-electron chi connectivity index (χ0n) is 11.8. The molecular formula is C14H20ClNO3. The summed E-state index contributed by atoms with van der Waals surface area (Å²) >= 11 is 5.88. The van der Waals surface area contributed by atoms with Crippen molar-refractivity contribution in [1.82, 2.24) is 4.90 Å². The smallest absolute Gasteiger partial charge is 0.257 e. The predicted molar refractivity (Wildman–Crippen MR) is 73.8 cm³/mol. The van der Waals surface area contributed by atoms with E-state index in [1.165, 1.54) is 0 Å². The maximum Gasteiger partial charge on any atom is 0.257 e. The Hall–Kier alpha value is -1.00. The Morgan fingerprint density at radius 1 is 1.53 bits per heavy atom. The van der Waals surface area contributed by atoms with Crippen molar-refractivity contribution < 1.29 is 13.9 Å². The molecule has 1 aromatic heterocycles. The summed E-state index contributed by atoms with van der Waals surface area (Å²) in [5, 5.41) is 0. The summed E-state index contributed by atoms with van der Waals surface area (Å²) in [6.45, 7) is 8.68. The molecule has 5 heteroatoms. The molecule has 1 aromatic rings. The molecule has 1 atom stereocenters. The monoisotopic (exact) mass is 285 g/mol. The van der Waals surface area contributed by atoms with Gasteiger partial charge in [-0.1, -0.05) is 0 Å². The molecule has 1 unspecified atom stereocenters. The van der Waals surface area contributed by atoms with Gasteiger partial charge in [-0.25, -0.2) is 0 Å². The van der Waals surface area contributed by atoms with Gasteiger partial charge in [-0.05, 0) is 33.8 Å². The first-order valence-corrected chi connectivity index (χ1v) is 6.96. The lowest BCUT2D eigenvalue weighted by molar-refractivity contribution is -0.117. The fourth-order valence-corrected chi connectivity index (χ4v) is 2.70. The Balaban J connectivity index is 2.21. The van der Waals surface area contributed by atoms with Gasteiger partial charge in [-0.3, -0.25) is 4.79 Å². The molecule has 2 heterocycles. The van der Waals surface area contributed by atoms with Gasteiger partial charge in [0.1, 0.15) is 11.5 Å². The zero-order chi connectivity index (χ0) is 14.2. The van der Waals surface area contributed by atoms with E-state index in [2.05, 4.69) is 0 Å². The van der Waals surface area contributed by atoms with Crippen LogP contribution < -0.4 is 0 Å². The highest BCUT2D eigenvalue weighted by Gasteiger charge is 2.36. The minimum atomic E-state index is -0.375. The first-order chi connectivity index (χ1) is 8.82. The van der Waals surface area contributed by atoms with Crippen LogP contribution in [0.3, 0.4) is 0 Å². The molecule has 0 saturated carbocycles. The van der Waals surface area contributed by atoms with Crippen LogP contribution >= 0.6 is 11.6 Å². The molecule has 1 aliphatic heterocycles. The summed E-state index contributed by atoms with van der Waals surface area (Å²) in [6, 6.07) is 1.79. The molecule has 4 nitrogen and oxygen atoms in total. The molecule has 1 saturated heterocycles. The highest BCUT2D eigenvalue weighted by molar-refractivity contribution is 6.18. The van der Waals surface area contributed by atoms with Crippen molar-refractivity contribution in [3.05, 3.63) is 23.2 Å². The summed E-state index contributed by atoms with van der Waals surface area (Å²) in [4.78, 5) is 14.3. The summed E-state index contributed by atoms with van der Waals surface area (Å²) in [5.41, 5.74) is 0.253. The summed E-state index contributed by atoms with van der Waals surface area (Å²) in [5.74, 6) is 1.79. The average Bonchev–Trinajstić information content (AvgIpc) is 2.65. The van der Waals surface area contributed by atoms with Gasteiger partial charge in [-0.2, -0.15) is 0 Å². The lowest BCUT2D eigenvalue weighted by Crippen LogP contribution is -2.55. The van der Waals surface area contributed by atoms with Crippen molar-refractivity contribution in [1.29, 1.82) is 0 Å². The van der Waals surface area contributed by atoms with Crippen LogP contribution in [0, 0.1) is 13.8 Å². The Labute approximate surface area is 118 Å². The fraction of sp³-hybridized carbons (Fsp3) is 0.643. The zero-order valence-corrected chi connectivity index (χ0v) is 12.6. The van der Waals surface area contributed by atoms with Crippen LogP contribution in [-0.4, -0.2) is 41.5 Å². The van der Waals surface area contributed by atoms with Crippen LogP contribution in [0.2, 0.25) is 0 Å². The quantitative estimate of drug-likeness (QED) is 0.785. The van der Waals surface area contributed by atoms with E-state index in [1.54, 1.807) is 11.0 Å². The molecule has 1 fully saturated rings. The van der Waals surface area contributed by atoms with Gasteiger partial charge in [0.05, 0.1) is 23.1 Å².